The highest BCUT2D eigenvalue weighted by Crippen LogP contribution is 2.21. The van der Waals surface area contributed by atoms with Gasteiger partial charge in [-0.05, 0) is 59.4 Å². The maximum Gasteiger partial charge on any atom is 0.137 e. The van der Waals surface area contributed by atoms with Crippen molar-refractivity contribution in [2.75, 3.05) is 6.54 Å². The second-order valence-electron chi connectivity index (χ2n) is 3.81. The Bertz CT molecular complexity index is 342. The molecule has 2 N–H and O–H groups in total. The van der Waals surface area contributed by atoms with E-state index in [9.17, 15) is 8.78 Å². The molecular weight excluding hydrogens is 276 g/mol. The third-order valence-corrected chi connectivity index (χ3v) is 3.10. The molecule has 90 valence electrons. The summed E-state index contributed by atoms with van der Waals surface area (Å²) in [5, 5.41) is 0. The molecule has 0 radical (unpaired) electrons. The lowest BCUT2D eigenvalue weighted by atomic mass is 10.1. The van der Waals surface area contributed by atoms with E-state index in [0.717, 1.165) is 25.7 Å². The largest absolute Gasteiger partial charge is 0.330 e. The molecule has 16 heavy (non-hydrogen) atoms. The van der Waals surface area contributed by atoms with Crippen LogP contribution in [0.25, 0.3) is 0 Å². The molecule has 0 amide bonds. The van der Waals surface area contributed by atoms with Gasteiger partial charge < -0.3 is 5.73 Å². The lowest BCUT2D eigenvalue weighted by molar-refractivity contribution is 0.568. The van der Waals surface area contributed by atoms with Gasteiger partial charge in [-0.25, -0.2) is 8.78 Å². The van der Waals surface area contributed by atoms with Crippen molar-refractivity contribution in [2.24, 2.45) is 5.73 Å². The third kappa shape index (κ3) is 4.18. The first-order valence-electron chi connectivity index (χ1n) is 5.48. The maximum atomic E-state index is 13.4. The highest BCUT2D eigenvalue weighted by atomic mass is 79.9. The molecule has 1 aromatic carbocycles. The molecule has 0 aliphatic rings. The van der Waals surface area contributed by atoms with E-state index >= 15 is 0 Å². The summed E-state index contributed by atoms with van der Waals surface area (Å²) in [5.41, 5.74) is 5.82. The normalized spacial score (nSPS) is 10.8. The maximum absolute atomic E-state index is 13.4. The number of nitrogens with two attached hydrogens (primary N) is 1. The highest BCUT2D eigenvalue weighted by molar-refractivity contribution is 9.10. The fourth-order valence-electron chi connectivity index (χ4n) is 1.57. The second kappa shape index (κ2) is 6.97. The molecule has 0 atom stereocenters. The quantitative estimate of drug-likeness (QED) is 0.626. The number of hydrogen-bond acceptors (Lipinski definition) is 1. The molecule has 0 fully saturated rings. The summed E-state index contributed by atoms with van der Waals surface area (Å²) in [6, 6.07) is 2.45. The molecule has 4 heteroatoms. The zero-order valence-electron chi connectivity index (χ0n) is 9.11. The van der Waals surface area contributed by atoms with Gasteiger partial charge in [0.05, 0.1) is 4.47 Å². The predicted molar refractivity (Wildman–Crippen MR) is 65.3 cm³/mol. The van der Waals surface area contributed by atoms with E-state index in [2.05, 4.69) is 15.9 Å². The van der Waals surface area contributed by atoms with Crippen molar-refractivity contribution in [3.8, 4) is 0 Å². The topological polar surface area (TPSA) is 26.0 Å². The SMILES string of the molecule is NCCCCCCc1cc(F)c(Br)cc1F. The first kappa shape index (κ1) is 13.6. The lowest BCUT2D eigenvalue weighted by Crippen LogP contribution is -1.98. The van der Waals surface area contributed by atoms with E-state index in [1.165, 1.54) is 12.1 Å². The van der Waals surface area contributed by atoms with E-state index in [1.807, 2.05) is 0 Å². The van der Waals surface area contributed by atoms with Crippen LogP contribution in [0.4, 0.5) is 8.78 Å². The zero-order valence-corrected chi connectivity index (χ0v) is 10.7. The Balaban J connectivity index is 2.45. The second-order valence-corrected chi connectivity index (χ2v) is 4.66. The standard InChI is InChI=1S/C12H16BrF2N/c13-10-8-11(14)9(7-12(10)15)5-3-1-2-4-6-16/h7-8H,1-6,16H2. The summed E-state index contributed by atoms with van der Waals surface area (Å²) in [6.45, 7) is 0.696. The molecule has 0 heterocycles. The van der Waals surface area contributed by atoms with Gasteiger partial charge >= 0.3 is 0 Å². The third-order valence-electron chi connectivity index (χ3n) is 2.49. The molecule has 1 rings (SSSR count). The average molecular weight is 292 g/mol. The van der Waals surface area contributed by atoms with Gasteiger partial charge in [0.25, 0.3) is 0 Å². The van der Waals surface area contributed by atoms with Gasteiger partial charge in [-0.2, -0.15) is 0 Å². The summed E-state index contributed by atoms with van der Waals surface area (Å²) in [6.07, 6.45) is 4.52. The minimum Gasteiger partial charge on any atom is -0.330 e. The van der Waals surface area contributed by atoms with Crippen molar-refractivity contribution in [3.63, 3.8) is 0 Å². The monoisotopic (exact) mass is 291 g/mol. The molecule has 0 saturated carbocycles. The van der Waals surface area contributed by atoms with Gasteiger partial charge in [-0.1, -0.05) is 12.8 Å². The molecule has 0 bridgehead atoms. The molecule has 0 aromatic heterocycles. The Labute approximate surface area is 103 Å². The first-order chi connectivity index (χ1) is 7.65. The zero-order chi connectivity index (χ0) is 12.0. The van der Waals surface area contributed by atoms with Crippen LogP contribution in [0, 0.1) is 11.6 Å². The van der Waals surface area contributed by atoms with E-state index in [4.69, 9.17) is 5.73 Å². The van der Waals surface area contributed by atoms with Gasteiger partial charge in [-0.15, -0.1) is 0 Å². The Kier molecular flexibility index (Phi) is 5.91. The van der Waals surface area contributed by atoms with Crippen molar-refractivity contribution in [1.82, 2.24) is 0 Å². The average Bonchev–Trinajstić information content (AvgIpc) is 2.25. The first-order valence-corrected chi connectivity index (χ1v) is 6.28. The predicted octanol–water partition coefficient (Wildman–Crippen LogP) is 3.79. The smallest absolute Gasteiger partial charge is 0.137 e. The van der Waals surface area contributed by atoms with Crippen molar-refractivity contribution < 1.29 is 8.78 Å². The summed E-state index contributed by atoms with van der Waals surface area (Å²) in [7, 11) is 0. The molecule has 1 aromatic rings. The van der Waals surface area contributed by atoms with Crippen LogP contribution in [0.3, 0.4) is 0 Å². The van der Waals surface area contributed by atoms with Crippen LogP contribution in [0.5, 0.6) is 0 Å². The van der Waals surface area contributed by atoms with Crippen LogP contribution in [0.1, 0.15) is 31.2 Å². The number of halogens is 3. The van der Waals surface area contributed by atoms with Crippen LogP contribution >= 0.6 is 15.9 Å². The number of benzene rings is 1. The van der Waals surface area contributed by atoms with Gasteiger partial charge in [0.15, 0.2) is 0 Å². The molecule has 0 aliphatic heterocycles. The molecule has 0 spiro atoms. The number of rotatable bonds is 6. The number of aryl methyl sites for hydroxylation is 1. The van der Waals surface area contributed by atoms with Gasteiger partial charge in [0.2, 0.25) is 0 Å². The van der Waals surface area contributed by atoms with E-state index < -0.39 is 5.82 Å². The Hall–Kier alpha value is -0.480. The Morgan fingerprint density at radius 3 is 2.38 bits per heavy atom. The summed E-state index contributed by atoms with van der Waals surface area (Å²) in [5.74, 6) is -0.745. The summed E-state index contributed by atoms with van der Waals surface area (Å²) >= 11 is 2.95. The van der Waals surface area contributed by atoms with Crippen LogP contribution < -0.4 is 5.73 Å². The fraction of sp³-hybridized carbons (Fsp3) is 0.500. The summed E-state index contributed by atoms with van der Waals surface area (Å²) < 4.78 is 26.7. The van der Waals surface area contributed by atoms with E-state index in [0.29, 0.717) is 18.5 Å². The van der Waals surface area contributed by atoms with Crippen LogP contribution in [-0.2, 0) is 6.42 Å². The number of hydrogen-bond donors (Lipinski definition) is 1. The van der Waals surface area contributed by atoms with Crippen molar-refractivity contribution >= 4 is 15.9 Å². The lowest BCUT2D eigenvalue weighted by Gasteiger charge is -2.04. The van der Waals surface area contributed by atoms with Gasteiger partial charge in [0, 0.05) is 0 Å². The van der Waals surface area contributed by atoms with E-state index in [1.54, 1.807) is 0 Å². The van der Waals surface area contributed by atoms with Crippen molar-refractivity contribution in [2.45, 2.75) is 32.1 Å². The molecule has 0 unspecified atom stereocenters. The Morgan fingerprint density at radius 2 is 1.69 bits per heavy atom. The molecule has 0 aliphatic carbocycles. The van der Waals surface area contributed by atoms with Crippen LogP contribution in [0.2, 0.25) is 0 Å². The van der Waals surface area contributed by atoms with Crippen LogP contribution in [0.15, 0.2) is 16.6 Å². The van der Waals surface area contributed by atoms with Gasteiger partial charge in [-0.3, -0.25) is 0 Å². The van der Waals surface area contributed by atoms with Crippen molar-refractivity contribution in [1.29, 1.82) is 0 Å². The van der Waals surface area contributed by atoms with E-state index in [-0.39, 0.29) is 10.3 Å². The Morgan fingerprint density at radius 1 is 1.00 bits per heavy atom. The summed E-state index contributed by atoms with van der Waals surface area (Å²) in [4.78, 5) is 0. The molecule has 1 nitrogen and oxygen atoms in total. The van der Waals surface area contributed by atoms with Crippen LogP contribution in [-0.4, -0.2) is 6.54 Å². The highest BCUT2D eigenvalue weighted by Gasteiger charge is 2.07. The van der Waals surface area contributed by atoms with Crippen molar-refractivity contribution in [3.05, 3.63) is 33.8 Å². The minimum atomic E-state index is -0.404. The minimum absolute atomic E-state index is 0.178. The van der Waals surface area contributed by atoms with Gasteiger partial charge in [0.1, 0.15) is 11.6 Å². The molecular formula is C12H16BrF2N. The fourth-order valence-corrected chi connectivity index (χ4v) is 1.88. The molecule has 0 saturated heterocycles. The number of unbranched alkanes of at least 4 members (excludes halogenated alkanes) is 3.